The first kappa shape index (κ1) is 13.8. The van der Waals surface area contributed by atoms with Crippen molar-refractivity contribution in [1.82, 2.24) is 4.90 Å². The zero-order chi connectivity index (χ0) is 13.0. The van der Waals surface area contributed by atoms with Gasteiger partial charge >= 0.3 is 0 Å². The number of likely N-dealkylation sites (N-methyl/N-ethyl adjacent to an activating group) is 1. The van der Waals surface area contributed by atoms with Crippen LogP contribution in [0.25, 0.3) is 0 Å². The molecule has 0 bridgehead atoms. The molecule has 1 rings (SSSR count). The molecular formula is C14H25N3. The fourth-order valence-electron chi connectivity index (χ4n) is 1.82. The van der Waals surface area contributed by atoms with E-state index in [9.17, 15) is 0 Å². The Morgan fingerprint density at radius 2 is 1.94 bits per heavy atom. The summed E-state index contributed by atoms with van der Waals surface area (Å²) >= 11 is 0. The van der Waals surface area contributed by atoms with Crippen molar-refractivity contribution in [3.8, 4) is 0 Å². The summed E-state index contributed by atoms with van der Waals surface area (Å²) in [5, 5.41) is 3.55. The van der Waals surface area contributed by atoms with Gasteiger partial charge in [-0.3, -0.25) is 0 Å². The largest absolute Gasteiger partial charge is 0.397 e. The highest BCUT2D eigenvalue weighted by molar-refractivity contribution is 5.69. The molecule has 3 heteroatoms. The van der Waals surface area contributed by atoms with Gasteiger partial charge in [0.2, 0.25) is 0 Å². The molecular weight excluding hydrogens is 210 g/mol. The molecule has 0 aliphatic rings. The normalized spacial score (nSPS) is 13.1. The SMILES string of the molecule is Cc1cccc(NC(CN(C)C)C(C)C)c1N. The Bertz CT molecular complexity index is 358. The van der Waals surface area contributed by atoms with Gasteiger partial charge in [-0.25, -0.2) is 0 Å². The number of nitrogens with zero attached hydrogens (tertiary/aromatic N) is 1. The molecule has 1 unspecified atom stereocenters. The summed E-state index contributed by atoms with van der Waals surface area (Å²) in [5.74, 6) is 0.567. The number of hydrogen-bond acceptors (Lipinski definition) is 3. The summed E-state index contributed by atoms with van der Waals surface area (Å²) in [4.78, 5) is 2.20. The predicted octanol–water partition coefficient (Wildman–Crippen LogP) is 2.58. The fourth-order valence-corrected chi connectivity index (χ4v) is 1.82. The Hall–Kier alpha value is -1.22. The van der Waals surface area contributed by atoms with E-state index in [1.807, 2.05) is 25.1 Å². The number of nitrogens with two attached hydrogens (primary N) is 1. The van der Waals surface area contributed by atoms with Crippen LogP contribution in [0, 0.1) is 12.8 Å². The van der Waals surface area contributed by atoms with Gasteiger partial charge in [-0.2, -0.15) is 0 Å². The Morgan fingerprint density at radius 3 is 2.47 bits per heavy atom. The van der Waals surface area contributed by atoms with E-state index in [1.165, 1.54) is 0 Å². The van der Waals surface area contributed by atoms with Crippen molar-refractivity contribution in [2.75, 3.05) is 31.7 Å². The molecule has 3 nitrogen and oxygen atoms in total. The first-order chi connectivity index (χ1) is 7.91. The summed E-state index contributed by atoms with van der Waals surface area (Å²) < 4.78 is 0. The maximum atomic E-state index is 6.09. The van der Waals surface area contributed by atoms with Gasteiger partial charge in [0.05, 0.1) is 11.4 Å². The molecule has 0 aliphatic carbocycles. The van der Waals surface area contributed by atoms with Gasteiger partial charge in [0.1, 0.15) is 0 Å². The quantitative estimate of drug-likeness (QED) is 0.771. The number of hydrogen-bond donors (Lipinski definition) is 2. The van der Waals surface area contributed by atoms with Gasteiger partial charge < -0.3 is 16.0 Å². The van der Waals surface area contributed by atoms with Crippen LogP contribution in [-0.4, -0.2) is 31.6 Å². The second kappa shape index (κ2) is 5.92. The maximum Gasteiger partial charge on any atom is 0.0579 e. The molecule has 3 N–H and O–H groups in total. The first-order valence-electron chi connectivity index (χ1n) is 6.18. The van der Waals surface area contributed by atoms with Crippen LogP contribution in [-0.2, 0) is 0 Å². The molecule has 1 aromatic carbocycles. The number of nitrogens with one attached hydrogen (secondary N) is 1. The monoisotopic (exact) mass is 235 g/mol. The standard InChI is InChI=1S/C14H25N3/c1-10(2)13(9-17(4)5)16-12-8-6-7-11(3)14(12)15/h6-8,10,13,16H,9,15H2,1-5H3. The lowest BCUT2D eigenvalue weighted by molar-refractivity contribution is 0.344. The maximum absolute atomic E-state index is 6.09. The third-order valence-electron chi connectivity index (χ3n) is 3.03. The van der Waals surface area contributed by atoms with Crippen LogP contribution in [0.4, 0.5) is 11.4 Å². The molecule has 0 spiro atoms. The molecule has 0 heterocycles. The summed E-state index contributed by atoms with van der Waals surface area (Å²) in [6, 6.07) is 6.54. The Balaban J connectivity index is 2.82. The Morgan fingerprint density at radius 1 is 1.29 bits per heavy atom. The number of anilines is 2. The molecule has 96 valence electrons. The topological polar surface area (TPSA) is 41.3 Å². The van der Waals surface area contributed by atoms with Crippen molar-refractivity contribution < 1.29 is 0 Å². The number of benzene rings is 1. The van der Waals surface area contributed by atoms with Crippen LogP contribution in [0.5, 0.6) is 0 Å². The third kappa shape index (κ3) is 3.93. The number of nitrogen functional groups attached to an aromatic ring is 1. The third-order valence-corrected chi connectivity index (χ3v) is 3.03. The summed E-state index contributed by atoms with van der Waals surface area (Å²) in [6.07, 6.45) is 0. The van der Waals surface area contributed by atoms with Crippen molar-refractivity contribution in [2.45, 2.75) is 26.8 Å². The van der Waals surface area contributed by atoms with E-state index in [1.54, 1.807) is 0 Å². The van der Waals surface area contributed by atoms with Crippen LogP contribution in [0.15, 0.2) is 18.2 Å². The lowest BCUT2D eigenvalue weighted by atomic mass is 10.0. The molecule has 0 aromatic heterocycles. The number of rotatable bonds is 5. The van der Waals surface area contributed by atoms with Crippen molar-refractivity contribution in [3.05, 3.63) is 23.8 Å². The Kier molecular flexibility index (Phi) is 4.82. The van der Waals surface area contributed by atoms with E-state index in [-0.39, 0.29) is 0 Å². The minimum Gasteiger partial charge on any atom is -0.397 e. The molecule has 1 aromatic rings. The van der Waals surface area contributed by atoms with Crippen molar-refractivity contribution in [1.29, 1.82) is 0 Å². The van der Waals surface area contributed by atoms with Crippen LogP contribution >= 0.6 is 0 Å². The molecule has 1 atom stereocenters. The second-order valence-corrected chi connectivity index (χ2v) is 5.29. The minimum absolute atomic E-state index is 0.411. The fraction of sp³-hybridized carbons (Fsp3) is 0.571. The minimum atomic E-state index is 0.411. The van der Waals surface area contributed by atoms with E-state index in [2.05, 4.69) is 38.2 Å². The summed E-state index contributed by atoms with van der Waals surface area (Å²) in [5.41, 5.74) is 9.12. The average molecular weight is 235 g/mol. The van der Waals surface area contributed by atoms with E-state index >= 15 is 0 Å². The molecule has 0 saturated heterocycles. The van der Waals surface area contributed by atoms with Crippen molar-refractivity contribution in [2.24, 2.45) is 5.92 Å². The van der Waals surface area contributed by atoms with E-state index in [0.717, 1.165) is 23.5 Å². The predicted molar refractivity (Wildman–Crippen MR) is 76.4 cm³/mol. The molecule has 0 amide bonds. The lowest BCUT2D eigenvalue weighted by Crippen LogP contribution is -2.36. The summed E-state index contributed by atoms with van der Waals surface area (Å²) in [7, 11) is 4.19. The van der Waals surface area contributed by atoms with E-state index in [4.69, 9.17) is 5.73 Å². The molecule has 0 fully saturated rings. The van der Waals surface area contributed by atoms with Gasteiger partial charge in [-0.05, 0) is 38.6 Å². The number of para-hydroxylation sites is 1. The highest BCUT2D eigenvalue weighted by atomic mass is 15.1. The molecule has 0 radical (unpaired) electrons. The molecule has 17 heavy (non-hydrogen) atoms. The average Bonchev–Trinajstić information content (AvgIpc) is 2.22. The summed E-state index contributed by atoms with van der Waals surface area (Å²) in [6.45, 7) is 7.50. The lowest BCUT2D eigenvalue weighted by Gasteiger charge is -2.27. The smallest absolute Gasteiger partial charge is 0.0579 e. The van der Waals surface area contributed by atoms with Gasteiger partial charge in [-0.1, -0.05) is 26.0 Å². The molecule has 0 saturated carbocycles. The zero-order valence-electron chi connectivity index (χ0n) is 11.6. The van der Waals surface area contributed by atoms with E-state index in [0.29, 0.717) is 12.0 Å². The Labute approximate surface area is 105 Å². The van der Waals surface area contributed by atoms with Crippen molar-refractivity contribution >= 4 is 11.4 Å². The van der Waals surface area contributed by atoms with Crippen LogP contribution in [0.2, 0.25) is 0 Å². The van der Waals surface area contributed by atoms with Crippen LogP contribution in [0.3, 0.4) is 0 Å². The first-order valence-corrected chi connectivity index (χ1v) is 6.18. The van der Waals surface area contributed by atoms with Gasteiger partial charge in [0, 0.05) is 12.6 Å². The zero-order valence-corrected chi connectivity index (χ0v) is 11.6. The number of aryl methyl sites for hydroxylation is 1. The highest BCUT2D eigenvalue weighted by Gasteiger charge is 2.15. The van der Waals surface area contributed by atoms with Gasteiger partial charge in [0.15, 0.2) is 0 Å². The highest BCUT2D eigenvalue weighted by Crippen LogP contribution is 2.23. The van der Waals surface area contributed by atoms with Gasteiger partial charge in [-0.15, -0.1) is 0 Å². The molecule has 0 aliphatic heterocycles. The van der Waals surface area contributed by atoms with Crippen LogP contribution in [0.1, 0.15) is 19.4 Å². The van der Waals surface area contributed by atoms with Crippen molar-refractivity contribution in [3.63, 3.8) is 0 Å². The van der Waals surface area contributed by atoms with E-state index < -0.39 is 0 Å². The van der Waals surface area contributed by atoms with Crippen LogP contribution < -0.4 is 11.1 Å². The second-order valence-electron chi connectivity index (χ2n) is 5.29. The van der Waals surface area contributed by atoms with Gasteiger partial charge in [0.25, 0.3) is 0 Å².